The van der Waals surface area contributed by atoms with Gasteiger partial charge >= 0.3 is 29.6 Å². The molecule has 59 heavy (non-hydrogen) atoms. The minimum atomic E-state index is -7.63. The van der Waals surface area contributed by atoms with Gasteiger partial charge < -0.3 is 20.9 Å². The lowest BCUT2D eigenvalue weighted by Crippen LogP contribution is -2.73. The highest BCUT2D eigenvalue weighted by Crippen LogP contribution is 2.66. The Kier molecular flexibility index (Phi) is 18.2. The molecule has 0 aliphatic heterocycles. The number of hydrogen-bond donors (Lipinski definition) is 3. The van der Waals surface area contributed by atoms with Crippen LogP contribution in [0.25, 0.3) is 0 Å². The van der Waals surface area contributed by atoms with Crippen molar-refractivity contribution in [2.75, 3.05) is 20.1 Å². The number of allylic oxidation sites excluding steroid dienone is 1. The van der Waals surface area contributed by atoms with Crippen molar-refractivity contribution in [3.63, 3.8) is 0 Å². The van der Waals surface area contributed by atoms with Crippen LogP contribution in [0.15, 0.2) is 85.5 Å². The van der Waals surface area contributed by atoms with Crippen LogP contribution >= 0.6 is 20.8 Å². The van der Waals surface area contributed by atoms with Gasteiger partial charge in [0.1, 0.15) is 15.7 Å². The van der Waals surface area contributed by atoms with Gasteiger partial charge in [0.05, 0.1) is 25.2 Å². The highest BCUT2D eigenvalue weighted by Gasteiger charge is 2.91. The smallest absolute Gasteiger partial charge is 0.382 e. The first-order valence-corrected chi connectivity index (χ1v) is 19.6. The van der Waals surface area contributed by atoms with E-state index in [2.05, 4.69) is 48.8 Å². The van der Waals surface area contributed by atoms with Crippen LogP contribution in [0.5, 0.6) is 0 Å². The second kappa shape index (κ2) is 19.9. The Hall–Kier alpha value is -2.87. The lowest BCUT2D eigenvalue weighted by molar-refractivity contribution is -0.420. The largest absolute Gasteiger partial charge is 0.384 e. The first kappa shape index (κ1) is 54.1. The van der Waals surface area contributed by atoms with Crippen LogP contribution in [0.2, 0.25) is 10.2 Å². The number of unbranched alkanes of at least 4 members (excludes halogenated alkanes) is 1. The summed E-state index contributed by atoms with van der Waals surface area (Å²) in [5, 5.41) is 2.98. The first-order chi connectivity index (χ1) is 26.5. The summed E-state index contributed by atoms with van der Waals surface area (Å²) in [6.07, 6.45) is 1.70. The van der Waals surface area contributed by atoms with Crippen molar-refractivity contribution >= 4 is 36.5 Å². The molecule has 4 nitrogen and oxygen atoms in total. The monoisotopic (exact) mass is 896 g/mol. The second-order valence-corrected chi connectivity index (χ2v) is 17.4. The lowest BCUT2D eigenvalue weighted by atomic mass is 9.48. The van der Waals surface area contributed by atoms with Crippen molar-refractivity contribution in [1.29, 1.82) is 0 Å². The summed E-state index contributed by atoms with van der Waals surface area (Å²) in [4.78, 5) is 1.47. The lowest BCUT2D eigenvalue weighted by Gasteiger charge is -2.48. The molecule has 1 aromatic rings. The maximum Gasteiger partial charge on any atom is 0.384 e. The molecule has 4 atom stereocenters. The van der Waals surface area contributed by atoms with Gasteiger partial charge in [0.15, 0.2) is 11.1 Å². The Morgan fingerprint density at radius 2 is 1.25 bits per heavy atom. The average Bonchev–Trinajstić information content (AvgIpc) is 3.10. The van der Waals surface area contributed by atoms with Gasteiger partial charge in [-0.05, 0) is 62.9 Å². The molecule has 20 heteroatoms. The maximum absolute atomic E-state index is 15.9. The fourth-order valence-electron chi connectivity index (χ4n) is 5.73. The summed E-state index contributed by atoms with van der Waals surface area (Å²) in [5.74, 6) is -35.8. The van der Waals surface area contributed by atoms with E-state index in [0.29, 0.717) is 66.4 Å². The van der Waals surface area contributed by atoms with Crippen LogP contribution < -0.4 is 16.0 Å². The van der Waals surface area contributed by atoms with Gasteiger partial charge in [-0.15, -0.1) is 0 Å². The third kappa shape index (κ3) is 12.2. The Labute approximate surface area is 349 Å². The summed E-state index contributed by atoms with van der Waals surface area (Å²) in [6, 6.07) is 7.00. The molecule has 0 bridgehead atoms. The van der Waals surface area contributed by atoms with E-state index in [9.17, 15) is 39.5 Å². The number of benzene rings is 1. The van der Waals surface area contributed by atoms with E-state index in [1.807, 2.05) is 26.0 Å². The maximum atomic E-state index is 15.9. The Morgan fingerprint density at radius 3 is 1.73 bits per heavy atom. The van der Waals surface area contributed by atoms with Gasteiger partial charge in [0.2, 0.25) is 0 Å². The molecular formula is C39H56B2ClF12N4P. The predicted octanol–water partition coefficient (Wildman–Crippen LogP) is 9.77. The highest BCUT2D eigenvalue weighted by atomic mass is 35.5. The number of nitrogens with zero attached hydrogens (tertiary/aromatic N) is 1. The molecule has 1 aromatic carbocycles. The SMILES string of the molecule is BC(B)(CCC(=C)N(C)CC(=C)NC(CCCC)C(=C)NCC(=C)NC(Cc1ccc(Cl)cc1)C(=C)C)C(F)(P)C(F)(F)C(F)(F)C(F)(F)C(F)(F)C(F)(F)C(C)(C)F. The van der Waals surface area contributed by atoms with E-state index in [-0.39, 0.29) is 38.2 Å². The molecule has 0 aliphatic carbocycles. The summed E-state index contributed by atoms with van der Waals surface area (Å²) >= 11 is 6.01. The van der Waals surface area contributed by atoms with Gasteiger partial charge in [-0.25, -0.2) is 8.78 Å². The second-order valence-electron chi connectivity index (χ2n) is 16.2. The fraction of sp³-hybridized carbons (Fsp3) is 0.590. The number of nitrogens with one attached hydrogen (secondary N) is 3. The van der Waals surface area contributed by atoms with Gasteiger partial charge in [-0.1, -0.05) is 97.6 Å². The van der Waals surface area contributed by atoms with Crippen LogP contribution in [0, 0.1) is 0 Å². The van der Waals surface area contributed by atoms with E-state index in [4.69, 9.17) is 11.6 Å². The van der Waals surface area contributed by atoms with E-state index >= 15 is 13.2 Å². The normalized spacial score (nSPS) is 15.4. The summed E-state index contributed by atoms with van der Waals surface area (Å²) in [6.45, 7) is 23.8. The Balaban J connectivity index is 3.01. The molecule has 0 spiro atoms. The zero-order valence-electron chi connectivity index (χ0n) is 34.6. The first-order valence-electron chi connectivity index (χ1n) is 18.6. The van der Waals surface area contributed by atoms with Crippen molar-refractivity contribution < 1.29 is 52.7 Å². The van der Waals surface area contributed by atoms with Crippen molar-refractivity contribution in [2.24, 2.45) is 0 Å². The van der Waals surface area contributed by atoms with Crippen molar-refractivity contribution in [1.82, 2.24) is 20.9 Å². The predicted molar refractivity (Wildman–Crippen MR) is 223 cm³/mol. The van der Waals surface area contributed by atoms with Crippen LogP contribution in [0.1, 0.15) is 65.4 Å². The molecule has 0 heterocycles. The van der Waals surface area contributed by atoms with E-state index in [1.54, 1.807) is 12.1 Å². The molecule has 334 valence electrons. The van der Waals surface area contributed by atoms with Crippen LogP contribution in [0.4, 0.5) is 52.7 Å². The molecule has 4 unspecified atom stereocenters. The Morgan fingerprint density at radius 1 is 0.780 bits per heavy atom. The summed E-state index contributed by atoms with van der Waals surface area (Å²) < 4.78 is 176. The zero-order chi connectivity index (χ0) is 46.4. The molecule has 1 rings (SSSR count). The average molecular weight is 897 g/mol. The summed E-state index contributed by atoms with van der Waals surface area (Å²) in [5.41, 5.74) is -0.823. The number of likely N-dealkylation sites (N-methyl/N-ethyl adjacent to an activating group) is 1. The van der Waals surface area contributed by atoms with Crippen molar-refractivity contribution in [3.05, 3.63) is 96.1 Å². The molecule has 0 saturated heterocycles. The molecule has 0 fully saturated rings. The van der Waals surface area contributed by atoms with Gasteiger partial charge in [0, 0.05) is 34.9 Å². The minimum absolute atomic E-state index is 0.0325. The third-order valence-corrected chi connectivity index (χ3v) is 11.7. The van der Waals surface area contributed by atoms with Crippen molar-refractivity contribution in [3.8, 4) is 0 Å². The molecule has 0 saturated carbocycles. The van der Waals surface area contributed by atoms with Crippen LogP contribution in [0.3, 0.4) is 0 Å². The standard InChI is InChI=1S/C39H56B2ClF12N4P/c1-11-12-13-30(27(7)55-21-24(4)56-31(23(2)3)20-28-14-16-29(42)17-15-28)57-25(5)22-58(10)26(6)18-19-33(40,41)39(54,59)38(52,53)37(50,51)36(48,49)35(46,47)34(44,45)32(8,9)43/h14-17,30-31,55-57H,2,4-7,11-13,18-22,40-41,59H2,1,3,8-10H3. The van der Waals surface area contributed by atoms with Crippen LogP contribution in [-0.2, 0) is 6.42 Å². The Bertz CT molecular complexity index is 1650. The number of alkyl halides is 12. The van der Waals surface area contributed by atoms with Crippen LogP contribution in [-0.4, -0.2) is 93.5 Å². The number of halogens is 13. The third-order valence-electron chi connectivity index (χ3n) is 10.3. The molecule has 0 aliphatic rings. The van der Waals surface area contributed by atoms with Gasteiger partial charge in [-0.2, -0.15) is 43.9 Å². The summed E-state index contributed by atoms with van der Waals surface area (Å²) in [7, 11) is 3.40. The highest BCUT2D eigenvalue weighted by molar-refractivity contribution is 7.19. The van der Waals surface area contributed by atoms with E-state index < -0.39 is 58.7 Å². The molecule has 0 radical (unpaired) electrons. The molecule has 3 N–H and O–H groups in total. The minimum Gasteiger partial charge on any atom is -0.382 e. The number of rotatable bonds is 27. The quantitative estimate of drug-likeness (QED) is 0.0356. The molecule has 0 aromatic heterocycles. The van der Waals surface area contributed by atoms with Gasteiger partial charge in [0.25, 0.3) is 0 Å². The number of hydrogen-bond acceptors (Lipinski definition) is 4. The molecular weight excluding hydrogens is 840 g/mol. The van der Waals surface area contributed by atoms with E-state index in [0.717, 1.165) is 24.0 Å². The van der Waals surface area contributed by atoms with E-state index in [1.165, 1.54) is 11.9 Å². The fourth-order valence-corrected chi connectivity index (χ4v) is 6.18. The zero-order valence-corrected chi connectivity index (χ0v) is 36.5. The molecule has 0 amide bonds. The van der Waals surface area contributed by atoms with Crippen molar-refractivity contribution in [2.45, 2.75) is 124 Å². The topological polar surface area (TPSA) is 39.3 Å². The van der Waals surface area contributed by atoms with Gasteiger partial charge in [-0.3, -0.25) is 0 Å².